The van der Waals surface area contributed by atoms with Gasteiger partial charge in [0.25, 0.3) is 0 Å². The topological polar surface area (TPSA) is 93.5 Å². The molecule has 0 saturated carbocycles. The summed E-state index contributed by atoms with van der Waals surface area (Å²) >= 11 is 3.32. The molecule has 1 atom stereocenters. The van der Waals surface area contributed by atoms with Crippen molar-refractivity contribution in [2.75, 3.05) is 25.1 Å². The quantitative estimate of drug-likeness (QED) is 0.693. The van der Waals surface area contributed by atoms with Gasteiger partial charge in [0, 0.05) is 23.4 Å². The number of rotatable bonds is 5. The normalized spacial score (nSPS) is 16.1. The van der Waals surface area contributed by atoms with Crippen molar-refractivity contribution in [2.45, 2.75) is 18.9 Å². The van der Waals surface area contributed by atoms with Crippen LogP contribution >= 0.6 is 28.3 Å². The maximum absolute atomic E-state index is 12.0. The molecule has 1 aliphatic rings. The monoisotopic (exact) mass is 405 g/mol. The molecular weight excluding hydrogens is 386 g/mol. The highest BCUT2D eigenvalue weighted by Gasteiger charge is 2.26. The second kappa shape index (κ2) is 9.87. The zero-order valence-electron chi connectivity index (χ0n) is 12.6. The SMILES string of the molecule is Cl.NC(C(=O)NCC(=O)Nc1ccc(Br)cc1)C1CCOCC1. The Morgan fingerprint density at radius 1 is 1.26 bits per heavy atom. The van der Waals surface area contributed by atoms with Crippen molar-refractivity contribution < 1.29 is 14.3 Å². The van der Waals surface area contributed by atoms with E-state index in [-0.39, 0.29) is 36.7 Å². The Morgan fingerprint density at radius 2 is 1.87 bits per heavy atom. The molecule has 1 fully saturated rings. The second-order valence-corrected chi connectivity index (χ2v) is 6.16. The van der Waals surface area contributed by atoms with Crippen LogP contribution in [-0.2, 0) is 14.3 Å². The van der Waals surface area contributed by atoms with E-state index < -0.39 is 6.04 Å². The van der Waals surface area contributed by atoms with Crippen molar-refractivity contribution in [3.8, 4) is 0 Å². The minimum atomic E-state index is -0.593. The largest absolute Gasteiger partial charge is 0.381 e. The van der Waals surface area contributed by atoms with Crippen LogP contribution in [0.3, 0.4) is 0 Å². The highest BCUT2D eigenvalue weighted by Crippen LogP contribution is 2.17. The van der Waals surface area contributed by atoms with Gasteiger partial charge in [0.1, 0.15) is 0 Å². The number of hydrogen-bond acceptors (Lipinski definition) is 4. The van der Waals surface area contributed by atoms with E-state index in [2.05, 4.69) is 26.6 Å². The van der Waals surface area contributed by atoms with Crippen LogP contribution in [0, 0.1) is 5.92 Å². The van der Waals surface area contributed by atoms with Gasteiger partial charge >= 0.3 is 0 Å². The van der Waals surface area contributed by atoms with Gasteiger partial charge in [-0.15, -0.1) is 12.4 Å². The number of halogens is 2. The summed E-state index contributed by atoms with van der Waals surface area (Å²) in [5.74, 6) is -0.462. The Labute approximate surface area is 150 Å². The number of carbonyl (C=O) groups is 2. The van der Waals surface area contributed by atoms with Gasteiger partial charge < -0.3 is 21.1 Å². The van der Waals surface area contributed by atoms with Gasteiger partial charge in [0.2, 0.25) is 11.8 Å². The number of carbonyl (C=O) groups excluding carboxylic acids is 2. The molecule has 0 radical (unpaired) electrons. The Kier molecular flexibility index (Phi) is 8.54. The van der Waals surface area contributed by atoms with Crippen LogP contribution in [-0.4, -0.2) is 37.6 Å². The summed E-state index contributed by atoms with van der Waals surface area (Å²) in [6, 6.07) is 6.61. The first kappa shape index (κ1) is 19.9. The van der Waals surface area contributed by atoms with E-state index in [0.29, 0.717) is 18.9 Å². The average molecular weight is 407 g/mol. The highest BCUT2D eigenvalue weighted by atomic mass is 79.9. The molecule has 1 unspecified atom stereocenters. The lowest BCUT2D eigenvalue weighted by molar-refractivity contribution is -0.126. The van der Waals surface area contributed by atoms with E-state index in [1.54, 1.807) is 12.1 Å². The molecule has 128 valence electrons. The molecule has 0 bridgehead atoms. The van der Waals surface area contributed by atoms with Crippen LogP contribution < -0.4 is 16.4 Å². The van der Waals surface area contributed by atoms with Gasteiger partial charge in [0.05, 0.1) is 12.6 Å². The van der Waals surface area contributed by atoms with E-state index in [0.717, 1.165) is 17.3 Å². The zero-order chi connectivity index (χ0) is 15.9. The Hall–Kier alpha value is -1.15. The lowest BCUT2D eigenvalue weighted by atomic mass is 9.92. The number of nitrogens with one attached hydrogen (secondary N) is 2. The lowest BCUT2D eigenvalue weighted by Crippen LogP contribution is -2.48. The van der Waals surface area contributed by atoms with E-state index in [1.807, 2.05) is 12.1 Å². The van der Waals surface area contributed by atoms with Gasteiger partial charge in [-0.2, -0.15) is 0 Å². The van der Waals surface area contributed by atoms with E-state index in [1.165, 1.54) is 0 Å². The third-order valence-corrected chi connectivity index (χ3v) is 4.16. The highest BCUT2D eigenvalue weighted by molar-refractivity contribution is 9.10. The van der Waals surface area contributed by atoms with E-state index >= 15 is 0 Å². The van der Waals surface area contributed by atoms with Crippen molar-refractivity contribution in [3.63, 3.8) is 0 Å². The standard InChI is InChI=1S/C15H20BrN3O3.ClH/c16-11-1-3-12(4-2-11)19-13(20)9-18-15(21)14(17)10-5-7-22-8-6-10;/h1-4,10,14H,5-9,17H2,(H,18,21)(H,19,20);1H. The van der Waals surface area contributed by atoms with Crippen LogP contribution in [0.2, 0.25) is 0 Å². The fraction of sp³-hybridized carbons (Fsp3) is 0.467. The molecular formula is C15H21BrClN3O3. The number of anilines is 1. The van der Waals surface area contributed by atoms with Crippen LogP contribution in [0.1, 0.15) is 12.8 Å². The van der Waals surface area contributed by atoms with E-state index in [9.17, 15) is 9.59 Å². The Bertz CT molecular complexity index is 521. The molecule has 1 aliphatic heterocycles. The average Bonchev–Trinajstić information content (AvgIpc) is 2.55. The van der Waals surface area contributed by atoms with Crippen molar-refractivity contribution in [1.82, 2.24) is 5.32 Å². The van der Waals surface area contributed by atoms with Crippen molar-refractivity contribution in [3.05, 3.63) is 28.7 Å². The second-order valence-electron chi connectivity index (χ2n) is 5.25. The summed E-state index contributed by atoms with van der Waals surface area (Å²) in [5, 5.41) is 5.29. The minimum Gasteiger partial charge on any atom is -0.381 e. The molecule has 2 rings (SSSR count). The predicted molar refractivity (Wildman–Crippen MR) is 94.5 cm³/mol. The zero-order valence-corrected chi connectivity index (χ0v) is 15.0. The molecule has 2 amide bonds. The molecule has 0 spiro atoms. The molecule has 1 aromatic carbocycles. The first-order valence-corrected chi connectivity index (χ1v) is 8.02. The van der Waals surface area contributed by atoms with Gasteiger partial charge in [0.15, 0.2) is 0 Å². The first-order valence-electron chi connectivity index (χ1n) is 7.22. The fourth-order valence-corrected chi connectivity index (χ4v) is 2.58. The van der Waals surface area contributed by atoms with Gasteiger partial charge in [-0.25, -0.2) is 0 Å². The Balaban J connectivity index is 0.00000264. The number of nitrogens with two attached hydrogens (primary N) is 1. The van der Waals surface area contributed by atoms with Crippen LogP contribution in [0.25, 0.3) is 0 Å². The molecule has 1 saturated heterocycles. The molecule has 0 aromatic heterocycles. The molecule has 23 heavy (non-hydrogen) atoms. The van der Waals surface area contributed by atoms with Crippen molar-refractivity contribution in [1.29, 1.82) is 0 Å². The Morgan fingerprint density at radius 3 is 2.48 bits per heavy atom. The predicted octanol–water partition coefficient (Wildman–Crippen LogP) is 1.68. The van der Waals surface area contributed by atoms with E-state index in [4.69, 9.17) is 10.5 Å². The van der Waals surface area contributed by atoms with Crippen molar-refractivity contribution >= 4 is 45.8 Å². The molecule has 1 aromatic rings. The van der Waals surface area contributed by atoms with Gasteiger partial charge in [-0.3, -0.25) is 9.59 Å². The fourth-order valence-electron chi connectivity index (χ4n) is 2.31. The maximum atomic E-state index is 12.0. The number of ether oxygens (including phenoxy) is 1. The molecule has 6 nitrogen and oxygen atoms in total. The number of benzene rings is 1. The first-order chi connectivity index (χ1) is 10.6. The maximum Gasteiger partial charge on any atom is 0.243 e. The summed E-state index contributed by atoms with van der Waals surface area (Å²) in [6.07, 6.45) is 1.55. The molecule has 8 heteroatoms. The van der Waals surface area contributed by atoms with Crippen LogP contribution in [0.4, 0.5) is 5.69 Å². The number of amides is 2. The van der Waals surface area contributed by atoms with Crippen LogP contribution in [0.15, 0.2) is 28.7 Å². The van der Waals surface area contributed by atoms with Crippen LogP contribution in [0.5, 0.6) is 0 Å². The summed E-state index contributed by atoms with van der Waals surface area (Å²) in [6.45, 7) is 1.18. The van der Waals surface area contributed by atoms with Crippen molar-refractivity contribution in [2.24, 2.45) is 11.7 Å². The minimum absolute atomic E-state index is 0. The lowest BCUT2D eigenvalue weighted by Gasteiger charge is -2.26. The summed E-state index contributed by atoms with van der Waals surface area (Å²) in [5.41, 5.74) is 6.62. The molecule has 4 N–H and O–H groups in total. The smallest absolute Gasteiger partial charge is 0.243 e. The third-order valence-electron chi connectivity index (χ3n) is 3.63. The summed E-state index contributed by atoms with van der Waals surface area (Å²) in [7, 11) is 0. The summed E-state index contributed by atoms with van der Waals surface area (Å²) < 4.78 is 6.18. The van der Waals surface area contributed by atoms with Gasteiger partial charge in [-0.05, 0) is 43.0 Å². The molecule has 0 aliphatic carbocycles. The summed E-state index contributed by atoms with van der Waals surface area (Å²) in [4.78, 5) is 23.8. The number of hydrogen-bond donors (Lipinski definition) is 3. The third kappa shape index (κ3) is 6.47. The van der Waals surface area contributed by atoms with Gasteiger partial charge in [-0.1, -0.05) is 15.9 Å². The molecule has 1 heterocycles.